The second-order valence-electron chi connectivity index (χ2n) is 4.81. The summed E-state index contributed by atoms with van der Waals surface area (Å²) < 4.78 is 5.28. The quantitative estimate of drug-likeness (QED) is 0.854. The van der Waals surface area contributed by atoms with Gasteiger partial charge in [0.05, 0.1) is 7.11 Å². The molecule has 0 saturated heterocycles. The van der Waals surface area contributed by atoms with E-state index in [-0.39, 0.29) is 16.7 Å². The van der Waals surface area contributed by atoms with Gasteiger partial charge < -0.3 is 15.8 Å². The number of thioether (sulfide) groups is 1. The molecule has 1 heterocycles. The average molecular weight is 283 g/mol. The molecule has 0 amide bonds. The van der Waals surface area contributed by atoms with E-state index in [4.69, 9.17) is 10.5 Å². The Morgan fingerprint density at radius 1 is 1.26 bits per heavy atom. The van der Waals surface area contributed by atoms with Gasteiger partial charge in [0.1, 0.15) is 0 Å². The maximum absolute atomic E-state index is 5.62. The SMILES string of the molecule is COc1nc(N)nc(NCC2(SC)CCCCC2)n1. The average Bonchev–Trinajstić information content (AvgIpc) is 2.45. The van der Waals surface area contributed by atoms with Crippen LogP contribution in [0.3, 0.4) is 0 Å². The molecule has 1 aliphatic carbocycles. The van der Waals surface area contributed by atoms with Crippen LogP contribution in [0.25, 0.3) is 0 Å². The lowest BCUT2D eigenvalue weighted by Crippen LogP contribution is -2.36. The number of hydrogen-bond donors (Lipinski definition) is 2. The molecule has 19 heavy (non-hydrogen) atoms. The Morgan fingerprint density at radius 2 is 2.00 bits per heavy atom. The van der Waals surface area contributed by atoms with Crippen molar-refractivity contribution in [3.8, 4) is 6.01 Å². The van der Waals surface area contributed by atoms with Crippen molar-refractivity contribution in [3.63, 3.8) is 0 Å². The van der Waals surface area contributed by atoms with Crippen molar-refractivity contribution in [1.29, 1.82) is 0 Å². The molecule has 0 bridgehead atoms. The number of methoxy groups -OCH3 is 1. The number of anilines is 2. The molecule has 1 aliphatic rings. The second kappa shape index (κ2) is 6.27. The van der Waals surface area contributed by atoms with Crippen LogP contribution in [-0.2, 0) is 0 Å². The fourth-order valence-electron chi connectivity index (χ4n) is 2.43. The van der Waals surface area contributed by atoms with Crippen molar-refractivity contribution in [1.82, 2.24) is 15.0 Å². The topological polar surface area (TPSA) is 86.0 Å². The minimum atomic E-state index is 0.177. The third-order valence-corrected chi connectivity index (χ3v) is 5.00. The summed E-state index contributed by atoms with van der Waals surface area (Å²) in [5.74, 6) is 0.666. The van der Waals surface area contributed by atoms with Gasteiger partial charge in [0.25, 0.3) is 0 Å². The van der Waals surface area contributed by atoms with Crippen molar-refractivity contribution in [2.45, 2.75) is 36.9 Å². The maximum atomic E-state index is 5.62. The van der Waals surface area contributed by atoms with Crippen LogP contribution >= 0.6 is 11.8 Å². The number of nitrogens with two attached hydrogens (primary N) is 1. The Morgan fingerprint density at radius 3 is 2.63 bits per heavy atom. The van der Waals surface area contributed by atoms with Crippen LogP contribution in [-0.4, -0.2) is 39.6 Å². The van der Waals surface area contributed by atoms with Gasteiger partial charge in [0.15, 0.2) is 0 Å². The number of ether oxygens (including phenoxy) is 1. The summed E-state index contributed by atoms with van der Waals surface area (Å²) in [6, 6.07) is 0.247. The predicted octanol–water partition coefficient (Wildman–Crippen LogP) is 1.94. The highest BCUT2D eigenvalue weighted by atomic mass is 32.2. The van der Waals surface area contributed by atoms with Crippen LogP contribution in [0.2, 0.25) is 0 Å². The molecule has 6 nitrogen and oxygen atoms in total. The molecular formula is C12H21N5OS. The molecule has 0 atom stereocenters. The Labute approximate surface area is 117 Å². The summed E-state index contributed by atoms with van der Waals surface area (Å²) in [5.41, 5.74) is 5.62. The largest absolute Gasteiger partial charge is 0.467 e. The molecule has 0 spiro atoms. The van der Waals surface area contributed by atoms with Crippen LogP contribution < -0.4 is 15.8 Å². The zero-order valence-electron chi connectivity index (χ0n) is 11.5. The molecule has 7 heteroatoms. The molecular weight excluding hydrogens is 262 g/mol. The normalized spacial score (nSPS) is 18.0. The van der Waals surface area contributed by atoms with Gasteiger partial charge in [-0.25, -0.2) is 0 Å². The van der Waals surface area contributed by atoms with E-state index in [0.29, 0.717) is 5.95 Å². The molecule has 1 fully saturated rings. The lowest BCUT2D eigenvalue weighted by Gasteiger charge is -2.35. The number of aromatic nitrogens is 3. The van der Waals surface area contributed by atoms with E-state index < -0.39 is 0 Å². The van der Waals surface area contributed by atoms with E-state index in [9.17, 15) is 0 Å². The van der Waals surface area contributed by atoms with Crippen molar-refractivity contribution in [2.75, 3.05) is 31.0 Å². The van der Waals surface area contributed by atoms with Gasteiger partial charge >= 0.3 is 6.01 Å². The number of hydrogen-bond acceptors (Lipinski definition) is 7. The van der Waals surface area contributed by atoms with Gasteiger partial charge in [-0.2, -0.15) is 26.7 Å². The van der Waals surface area contributed by atoms with E-state index >= 15 is 0 Å². The highest BCUT2D eigenvalue weighted by molar-refractivity contribution is 8.00. The number of nitrogens with one attached hydrogen (secondary N) is 1. The molecule has 2 rings (SSSR count). The van der Waals surface area contributed by atoms with Gasteiger partial charge in [-0.15, -0.1) is 0 Å². The van der Waals surface area contributed by atoms with E-state index in [1.807, 2.05) is 11.8 Å². The Hall–Kier alpha value is -1.24. The molecule has 0 radical (unpaired) electrons. The fraction of sp³-hybridized carbons (Fsp3) is 0.750. The molecule has 106 valence electrons. The van der Waals surface area contributed by atoms with Crippen LogP contribution in [0.5, 0.6) is 6.01 Å². The number of nitrogens with zero attached hydrogens (tertiary/aromatic N) is 3. The van der Waals surface area contributed by atoms with Gasteiger partial charge in [0.2, 0.25) is 11.9 Å². The Kier molecular flexibility index (Phi) is 4.68. The fourth-order valence-corrected chi connectivity index (χ4v) is 3.35. The molecule has 1 aromatic heterocycles. The highest BCUT2D eigenvalue weighted by Crippen LogP contribution is 2.38. The highest BCUT2D eigenvalue weighted by Gasteiger charge is 2.31. The van der Waals surface area contributed by atoms with Crippen LogP contribution in [0.15, 0.2) is 0 Å². The first kappa shape index (κ1) is 14.2. The van der Waals surface area contributed by atoms with Crippen LogP contribution in [0.4, 0.5) is 11.9 Å². The van der Waals surface area contributed by atoms with E-state index in [0.717, 1.165) is 6.54 Å². The van der Waals surface area contributed by atoms with Gasteiger partial charge in [-0.3, -0.25) is 0 Å². The standard InChI is InChI=1S/C12H21N5OS/c1-18-11-16-9(13)15-10(17-11)14-8-12(19-2)6-4-3-5-7-12/h3-8H2,1-2H3,(H3,13,14,15,16,17). The van der Waals surface area contributed by atoms with Crippen LogP contribution in [0.1, 0.15) is 32.1 Å². The summed E-state index contributed by atoms with van der Waals surface area (Å²) in [4.78, 5) is 12.1. The van der Waals surface area contributed by atoms with E-state index in [1.54, 1.807) is 0 Å². The second-order valence-corrected chi connectivity index (χ2v) is 6.08. The third kappa shape index (κ3) is 3.62. The molecule has 0 aromatic carbocycles. The third-order valence-electron chi connectivity index (χ3n) is 3.58. The Balaban J connectivity index is 2.02. The van der Waals surface area contributed by atoms with Gasteiger partial charge in [0, 0.05) is 11.3 Å². The monoisotopic (exact) mass is 283 g/mol. The molecule has 1 saturated carbocycles. The van der Waals surface area contributed by atoms with Gasteiger partial charge in [-0.05, 0) is 19.1 Å². The maximum Gasteiger partial charge on any atom is 0.322 e. The molecule has 1 aromatic rings. The molecule has 3 N–H and O–H groups in total. The molecule has 0 unspecified atom stereocenters. The van der Waals surface area contributed by atoms with Crippen molar-refractivity contribution in [3.05, 3.63) is 0 Å². The smallest absolute Gasteiger partial charge is 0.322 e. The first-order chi connectivity index (χ1) is 9.17. The van der Waals surface area contributed by atoms with Crippen molar-refractivity contribution >= 4 is 23.7 Å². The van der Waals surface area contributed by atoms with Gasteiger partial charge in [-0.1, -0.05) is 19.3 Å². The number of nitrogen functional groups attached to an aromatic ring is 1. The molecule has 0 aliphatic heterocycles. The lowest BCUT2D eigenvalue weighted by molar-refractivity contribution is 0.379. The number of rotatable bonds is 5. The zero-order chi connectivity index (χ0) is 13.7. The first-order valence-electron chi connectivity index (χ1n) is 6.52. The minimum absolute atomic E-state index is 0.177. The van der Waals surface area contributed by atoms with Crippen molar-refractivity contribution < 1.29 is 4.74 Å². The van der Waals surface area contributed by atoms with E-state index in [2.05, 4.69) is 26.5 Å². The summed E-state index contributed by atoms with van der Waals surface area (Å²) in [7, 11) is 1.52. The zero-order valence-corrected chi connectivity index (χ0v) is 12.3. The minimum Gasteiger partial charge on any atom is -0.467 e. The lowest BCUT2D eigenvalue weighted by atomic mass is 9.88. The van der Waals surface area contributed by atoms with Crippen molar-refractivity contribution in [2.24, 2.45) is 0 Å². The van der Waals surface area contributed by atoms with Crippen LogP contribution in [0, 0.1) is 0 Å². The summed E-state index contributed by atoms with van der Waals surface area (Å²) >= 11 is 1.93. The summed E-state index contributed by atoms with van der Waals surface area (Å²) in [6.45, 7) is 0.848. The van der Waals surface area contributed by atoms with E-state index in [1.165, 1.54) is 39.2 Å². The predicted molar refractivity (Wildman–Crippen MR) is 78.6 cm³/mol. The summed E-state index contributed by atoms with van der Waals surface area (Å²) in [5, 5.41) is 3.28. The summed E-state index contributed by atoms with van der Waals surface area (Å²) in [6.07, 6.45) is 8.58. The first-order valence-corrected chi connectivity index (χ1v) is 7.74. The Bertz CT molecular complexity index is 423.